The average Bonchev–Trinajstić information content (AvgIpc) is 3.37. The number of nitrogens with one attached hydrogen (secondary N) is 1. The minimum Gasteiger partial charge on any atom is -0.378 e. The number of hydrogen-bond donors (Lipinski definition) is 1. The summed E-state index contributed by atoms with van der Waals surface area (Å²) in [6.45, 7) is 1.59. The third-order valence-corrected chi connectivity index (χ3v) is 4.88. The molecule has 0 spiro atoms. The van der Waals surface area contributed by atoms with Crippen molar-refractivity contribution in [1.29, 1.82) is 0 Å². The number of anilines is 2. The number of rotatable bonds is 4. The zero-order chi connectivity index (χ0) is 16.4. The second-order valence-electron chi connectivity index (χ2n) is 6.83. The van der Waals surface area contributed by atoms with Crippen LogP contribution in [0.3, 0.4) is 0 Å². The molecule has 23 heavy (non-hydrogen) atoms. The Kier molecular flexibility index (Phi) is 4.28. The second kappa shape index (κ2) is 6.22. The number of piperidine rings is 1. The summed E-state index contributed by atoms with van der Waals surface area (Å²) in [6.07, 6.45) is 4.62. The molecular formula is C18H25N3O2. The van der Waals surface area contributed by atoms with Gasteiger partial charge in [0, 0.05) is 38.6 Å². The Hall–Kier alpha value is -2.04. The maximum Gasteiger partial charge on any atom is 0.240 e. The fourth-order valence-corrected chi connectivity index (χ4v) is 3.16. The summed E-state index contributed by atoms with van der Waals surface area (Å²) in [5, 5.41) is 2.93. The van der Waals surface area contributed by atoms with Gasteiger partial charge in [0.15, 0.2) is 0 Å². The molecule has 3 rings (SSSR count). The molecule has 0 bridgehead atoms. The van der Waals surface area contributed by atoms with Crippen molar-refractivity contribution in [2.45, 2.75) is 32.1 Å². The van der Waals surface area contributed by atoms with Crippen LogP contribution in [-0.2, 0) is 9.59 Å². The fraction of sp³-hybridized carbons (Fsp3) is 0.556. The van der Waals surface area contributed by atoms with Gasteiger partial charge in [0.1, 0.15) is 5.41 Å². The molecule has 0 aromatic heterocycles. The molecule has 0 unspecified atom stereocenters. The van der Waals surface area contributed by atoms with Crippen LogP contribution < -0.4 is 10.2 Å². The van der Waals surface area contributed by atoms with E-state index in [0.29, 0.717) is 12.8 Å². The van der Waals surface area contributed by atoms with Crippen LogP contribution in [0.4, 0.5) is 11.4 Å². The highest BCUT2D eigenvalue weighted by Crippen LogP contribution is 2.48. The monoisotopic (exact) mass is 315 g/mol. The van der Waals surface area contributed by atoms with Crippen LogP contribution in [0, 0.1) is 5.41 Å². The van der Waals surface area contributed by atoms with E-state index in [2.05, 4.69) is 5.32 Å². The molecule has 1 aromatic rings. The molecule has 0 radical (unpaired) electrons. The van der Waals surface area contributed by atoms with E-state index in [-0.39, 0.29) is 11.8 Å². The van der Waals surface area contributed by atoms with Crippen LogP contribution in [-0.4, -0.2) is 43.9 Å². The van der Waals surface area contributed by atoms with Gasteiger partial charge in [0.05, 0.1) is 0 Å². The maximum absolute atomic E-state index is 12.7. The Bertz CT molecular complexity index is 585. The van der Waals surface area contributed by atoms with Gasteiger partial charge in [-0.15, -0.1) is 0 Å². The lowest BCUT2D eigenvalue weighted by atomic mass is 10.0. The predicted octanol–water partition coefficient (Wildman–Crippen LogP) is 2.48. The van der Waals surface area contributed by atoms with Crippen molar-refractivity contribution in [2.24, 2.45) is 5.41 Å². The van der Waals surface area contributed by atoms with E-state index in [4.69, 9.17) is 0 Å². The van der Waals surface area contributed by atoms with Crippen LogP contribution in [0.5, 0.6) is 0 Å². The lowest BCUT2D eigenvalue weighted by Crippen LogP contribution is -2.45. The lowest BCUT2D eigenvalue weighted by Gasteiger charge is -2.30. The fourth-order valence-electron chi connectivity index (χ4n) is 3.16. The van der Waals surface area contributed by atoms with Gasteiger partial charge < -0.3 is 15.1 Å². The quantitative estimate of drug-likeness (QED) is 0.869. The maximum atomic E-state index is 12.7. The van der Waals surface area contributed by atoms with Gasteiger partial charge in [-0.1, -0.05) is 0 Å². The van der Waals surface area contributed by atoms with Gasteiger partial charge in [-0.25, -0.2) is 0 Å². The molecule has 2 amide bonds. The van der Waals surface area contributed by atoms with Crippen molar-refractivity contribution >= 4 is 23.2 Å². The Morgan fingerprint density at radius 2 is 1.65 bits per heavy atom. The molecule has 1 aromatic carbocycles. The molecule has 2 fully saturated rings. The molecule has 1 heterocycles. The van der Waals surface area contributed by atoms with Crippen molar-refractivity contribution in [3.8, 4) is 0 Å². The summed E-state index contributed by atoms with van der Waals surface area (Å²) < 4.78 is 0. The largest absolute Gasteiger partial charge is 0.378 e. The number of likely N-dealkylation sites (tertiary alicyclic amines) is 1. The van der Waals surface area contributed by atoms with Crippen LogP contribution in [0.2, 0.25) is 0 Å². The topological polar surface area (TPSA) is 52.7 Å². The zero-order valence-electron chi connectivity index (χ0n) is 14.0. The van der Waals surface area contributed by atoms with Crippen molar-refractivity contribution in [3.05, 3.63) is 24.3 Å². The summed E-state index contributed by atoms with van der Waals surface area (Å²) in [4.78, 5) is 29.2. The number of benzene rings is 1. The highest BCUT2D eigenvalue weighted by atomic mass is 16.2. The SMILES string of the molecule is CN(C)c1ccc(NC(=O)C2(C(=O)N3CCCCC3)CC2)cc1. The first kappa shape index (κ1) is 15.8. The first-order chi connectivity index (χ1) is 11.0. The van der Waals surface area contributed by atoms with Crippen LogP contribution in [0.25, 0.3) is 0 Å². The second-order valence-corrected chi connectivity index (χ2v) is 6.83. The van der Waals surface area contributed by atoms with Crippen LogP contribution in [0.15, 0.2) is 24.3 Å². The van der Waals surface area contributed by atoms with E-state index in [1.807, 2.05) is 48.2 Å². The number of nitrogens with zero attached hydrogens (tertiary/aromatic N) is 2. The molecule has 124 valence electrons. The van der Waals surface area contributed by atoms with Crippen LogP contribution in [0.1, 0.15) is 32.1 Å². The summed E-state index contributed by atoms with van der Waals surface area (Å²) in [5.74, 6) is -0.120. The van der Waals surface area contributed by atoms with E-state index in [0.717, 1.165) is 37.3 Å². The molecule has 2 aliphatic rings. The predicted molar refractivity (Wildman–Crippen MR) is 91.5 cm³/mol. The highest BCUT2D eigenvalue weighted by Gasteiger charge is 2.58. The summed E-state index contributed by atoms with van der Waals surface area (Å²) in [5.41, 5.74) is 1.02. The van der Waals surface area contributed by atoms with Gasteiger partial charge in [-0.3, -0.25) is 9.59 Å². The van der Waals surface area contributed by atoms with E-state index in [1.54, 1.807) is 0 Å². The molecule has 1 N–H and O–H groups in total. The van der Waals surface area contributed by atoms with Gasteiger partial charge in [0.2, 0.25) is 11.8 Å². The minimum atomic E-state index is -0.808. The first-order valence-corrected chi connectivity index (χ1v) is 8.41. The van der Waals surface area contributed by atoms with E-state index in [1.165, 1.54) is 6.42 Å². The first-order valence-electron chi connectivity index (χ1n) is 8.41. The molecule has 0 atom stereocenters. The number of hydrogen-bond acceptors (Lipinski definition) is 3. The zero-order valence-corrected chi connectivity index (χ0v) is 14.0. The third kappa shape index (κ3) is 3.19. The molecule has 5 heteroatoms. The molecule has 1 aliphatic heterocycles. The summed E-state index contributed by atoms with van der Waals surface area (Å²) in [7, 11) is 3.95. The standard InChI is InChI=1S/C18H25N3O2/c1-20(2)15-8-6-14(7-9-15)19-16(22)18(10-11-18)17(23)21-12-4-3-5-13-21/h6-9H,3-5,10-13H2,1-2H3,(H,19,22). The summed E-state index contributed by atoms with van der Waals surface area (Å²) in [6, 6.07) is 7.69. The van der Waals surface area contributed by atoms with E-state index >= 15 is 0 Å². The van der Waals surface area contributed by atoms with Crippen molar-refractivity contribution in [2.75, 3.05) is 37.4 Å². The Morgan fingerprint density at radius 3 is 2.17 bits per heavy atom. The number of carbonyl (C=O) groups is 2. The van der Waals surface area contributed by atoms with Crippen LogP contribution >= 0.6 is 0 Å². The third-order valence-electron chi connectivity index (χ3n) is 4.88. The van der Waals surface area contributed by atoms with E-state index in [9.17, 15) is 9.59 Å². The number of amides is 2. The molecule has 1 saturated heterocycles. The summed E-state index contributed by atoms with van der Waals surface area (Å²) >= 11 is 0. The van der Waals surface area contributed by atoms with Crippen molar-refractivity contribution < 1.29 is 9.59 Å². The molecule has 1 aliphatic carbocycles. The normalized spacial score (nSPS) is 19.1. The lowest BCUT2D eigenvalue weighted by molar-refractivity contribution is -0.143. The van der Waals surface area contributed by atoms with Gasteiger partial charge in [-0.2, -0.15) is 0 Å². The Morgan fingerprint density at radius 1 is 1.04 bits per heavy atom. The molecule has 5 nitrogen and oxygen atoms in total. The van der Waals surface area contributed by atoms with Gasteiger partial charge >= 0.3 is 0 Å². The van der Waals surface area contributed by atoms with Gasteiger partial charge in [0.25, 0.3) is 0 Å². The Balaban J connectivity index is 1.66. The van der Waals surface area contributed by atoms with E-state index < -0.39 is 5.41 Å². The van der Waals surface area contributed by atoms with Crippen molar-refractivity contribution in [3.63, 3.8) is 0 Å². The molecule has 1 saturated carbocycles. The minimum absolute atomic E-state index is 0.0274. The smallest absolute Gasteiger partial charge is 0.240 e. The molecular weight excluding hydrogens is 290 g/mol. The van der Waals surface area contributed by atoms with Crippen molar-refractivity contribution in [1.82, 2.24) is 4.90 Å². The highest BCUT2D eigenvalue weighted by molar-refractivity contribution is 6.13. The number of carbonyl (C=O) groups excluding carboxylic acids is 2. The Labute approximate surface area is 137 Å². The average molecular weight is 315 g/mol. The van der Waals surface area contributed by atoms with Gasteiger partial charge in [-0.05, 0) is 56.4 Å².